The molecule has 0 fully saturated rings. The Labute approximate surface area is 273 Å². The van der Waals surface area contributed by atoms with Crippen molar-refractivity contribution in [3.05, 3.63) is 151 Å². The highest BCUT2D eigenvalue weighted by Crippen LogP contribution is 2.74. The lowest BCUT2D eigenvalue weighted by Gasteiger charge is -2.43. The third kappa shape index (κ3) is 4.56. The second-order valence-corrected chi connectivity index (χ2v) is 14.2. The average Bonchev–Trinajstić information content (AvgIpc) is 3.86. The summed E-state index contributed by atoms with van der Waals surface area (Å²) in [5, 5.41) is 14.4. The number of benzene rings is 3. The Bertz CT molecular complexity index is 2370. The van der Waals surface area contributed by atoms with Gasteiger partial charge in [0.05, 0.1) is 0 Å². The van der Waals surface area contributed by atoms with Crippen LogP contribution in [-0.4, -0.2) is 43.8 Å². The van der Waals surface area contributed by atoms with Crippen LogP contribution in [0.3, 0.4) is 0 Å². The van der Waals surface area contributed by atoms with E-state index < -0.39 is 10.0 Å². The molecule has 7 aromatic rings. The van der Waals surface area contributed by atoms with Crippen molar-refractivity contribution in [3.63, 3.8) is 0 Å². The molecule has 230 valence electrons. The van der Waals surface area contributed by atoms with Gasteiger partial charge in [-0.1, -0.05) is 98.1 Å². The molecule has 0 bridgehead atoms. The van der Waals surface area contributed by atoms with Gasteiger partial charge in [-0.05, 0) is 61.1 Å². The number of aryl methyl sites for hydroxylation is 1. The first-order valence-electron chi connectivity index (χ1n) is 15.4. The van der Waals surface area contributed by atoms with Gasteiger partial charge in [0.2, 0.25) is 0 Å². The summed E-state index contributed by atoms with van der Waals surface area (Å²) in [7, 11) is -1.84. The summed E-state index contributed by atoms with van der Waals surface area (Å²) < 4.78 is 4.97. The zero-order valence-corrected chi connectivity index (χ0v) is 26.6. The molecule has 0 unspecified atom stereocenters. The predicted octanol–water partition coefficient (Wildman–Crippen LogP) is 8.06. The van der Waals surface area contributed by atoms with Crippen LogP contribution in [0.15, 0.2) is 154 Å². The van der Waals surface area contributed by atoms with Crippen molar-refractivity contribution < 1.29 is 0 Å². The zero-order valence-electron chi connectivity index (χ0n) is 25.8. The Kier molecular flexibility index (Phi) is 6.99. The van der Waals surface area contributed by atoms with Crippen molar-refractivity contribution >= 4 is 32.9 Å². The molecule has 4 heterocycles. The van der Waals surface area contributed by atoms with Crippen LogP contribution < -0.4 is 0 Å². The third-order valence-electron chi connectivity index (χ3n) is 8.17. The molecule has 1 aliphatic carbocycles. The Morgan fingerprint density at radius 2 is 1.38 bits per heavy atom. The number of hydrogen-bond donors (Lipinski definition) is 0. The van der Waals surface area contributed by atoms with Gasteiger partial charge in [0.15, 0.2) is 11.6 Å². The lowest BCUT2D eigenvalue weighted by molar-refractivity contribution is 0.812. The molecule has 0 atom stereocenters. The molecule has 4 aromatic heterocycles. The Balaban J connectivity index is 1.38. The Hall–Kier alpha value is -5.87. The molecule has 0 N–H and O–H groups in total. The van der Waals surface area contributed by atoms with Crippen LogP contribution in [0.25, 0.3) is 34.3 Å². The fourth-order valence-electron chi connectivity index (χ4n) is 6.14. The molecule has 3 aromatic carbocycles. The second-order valence-electron chi connectivity index (χ2n) is 11.1. The van der Waals surface area contributed by atoms with E-state index in [9.17, 15) is 0 Å². The van der Waals surface area contributed by atoms with Gasteiger partial charge in [-0.2, -0.15) is 28.5 Å². The van der Waals surface area contributed by atoms with Crippen molar-refractivity contribution in [1.82, 2.24) is 43.8 Å². The average molecular weight is 634 g/mol. The fourth-order valence-corrected chi connectivity index (χ4v) is 10.2. The number of rotatable bonds is 8. The van der Waals surface area contributed by atoms with Gasteiger partial charge < -0.3 is 0 Å². The van der Waals surface area contributed by atoms with Crippen molar-refractivity contribution in [2.45, 2.75) is 34.5 Å². The summed E-state index contributed by atoms with van der Waals surface area (Å²) in [6.45, 7) is 9.58. The van der Waals surface area contributed by atoms with E-state index in [1.165, 1.54) is 19.6 Å². The molecule has 0 amide bonds. The van der Waals surface area contributed by atoms with Gasteiger partial charge in [0, 0.05) is 25.8 Å². The summed E-state index contributed by atoms with van der Waals surface area (Å²) in [5.41, 5.74) is 1.61. The van der Waals surface area contributed by atoms with Gasteiger partial charge in [-0.15, -0.1) is 25.3 Å². The summed E-state index contributed by atoms with van der Waals surface area (Å²) in [6.07, 6.45) is 14.3. The van der Waals surface area contributed by atoms with E-state index in [0.717, 1.165) is 24.0 Å². The highest BCUT2D eigenvalue weighted by Gasteiger charge is 2.35. The first kappa shape index (κ1) is 28.6. The molecule has 0 saturated carbocycles. The molecule has 1 aliphatic rings. The minimum atomic E-state index is -1.84. The van der Waals surface area contributed by atoms with E-state index in [-0.39, 0.29) is 0 Å². The van der Waals surface area contributed by atoms with Crippen LogP contribution in [0, 0.1) is 6.92 Å². The molecule has 47 heavy (non-hydrogen) atoms. The van der Waals surface area contributed by atoms with Crippen LogP contribution >= 0.6 is 10.0 Å². The molecule has 0 saturated heterocycles. The highest BCUT2D eigenvalue weighted by atomic mass is 32.3. The van der Waals surface area contributed by atoms with Crippen molar-refractivity contribution in [1.29, 1.82) is 0 Å². The minimum absolute atomic E-state index is 0.472. The van der Waals surface area contributed by atoms with Crippen LogP contribution in [0.2, 0.25) is 0 Å². The normalized spacial score (nSPS) is 14.1. The number of hydrogen-bond acceptors (Lipinski definition) is 6. The largest absolute Gasteiger partial charge is 0.260 e. The monoisotopic (exact) mass is 633 g/mol. The summed E-state index contributed by atoms with van der Waals surface area (Å²) in [5.74, 6) is 3.05. The summed E-state index contributed by atoms with van der Waals surface area (Å²) >= 11 is 0. The van der Waals surface area contributed by atoms with Gasteiger partial charge in [0.1, 0.15) is 5.82 Å². The van der Waals surface area contributed by atoms with E-state index in [1.54, 1.807) is 25.7 Å². The van der Waals surface area contributed by atoms with Crippen LogP contribution in [0.5, 0.6) is 0 Å². The smallest absolute Gasteiger partial charge is 0.194 e. The van der Waals surface area contributed by atoms with Gasteiger partial charge in [0.25, 0.3) is 17.3 Å². The third-order valence-corrected chi connectivity index (χ3v) is 12.1. The first-order chi connectivity index (χ1) is 23.1. The Morgan fingerprint density at radius 1 is 0.723 bits per heavy atom. The standard InChI is InChI=1S/C37H31N9S/c1-4-16-27(5-2)33-39-36-44-35(38-26(3)41-44)45-37(46(36)42-33)40-34(43-45)28-17-15-24-32(25-28)47(29-18-9-6-10-19-29,30-20-11-7-12-21-30)31-22-13-8-14-23-31/h4-7,9-13,15-25H,1-2,8,14H2,3H3/b27-16+. The molecule has 0 spiro atoms. The molecule has 0 radical (unpaired) electrons. The Morgan fingerprint density at radius 3 is 2.06 bits per heavy atom. The van der Waals surface area contributed by atoms with Gasteiger partial charge in [-0.3, -0.25) is 0 Å². The first-order valence-corrected chi connectivity index (χ1v) is 17.0. The predicted molar refractivity (Wildman–Crippen MR) is 186 cm³/mol. The maximum Gasteiger partial charge on any atom is 0.260 e. The molecule has 9 nitrogen and oxygen atoms in total. The highest BCUT2D eigenvalue weighted by molar-refractivity contribution is 8.37. The van der Waals surface area contributed by atoms with Crippen LogP contribution in [0.1, 0.15) is 24.5 Å². The van der Waals surface area contributed by atoms with E-state index >= 15 is 0 Å². The molecular formula is C37H31N9S. The lowest BCUT2D eigenvalue weighted by atomic mass is 10.2. The molecule has 10 heteroatoms. The molecule has 8 rings (SSSR count). The number of fused-ring (bicyclic) bond motifs is 6. The molecule has 0 aliphatic heterocycles. The molecular weight excluding hydrogens is 603 g/mol. The summed E-state index contributed by atoms with van der Waals surface area (Å²) in [4.78, 5) is 19.6. The SMILES string of the molecule is C=C/C=C(\C=C)c1nc2n3nc(C)nc3n3nc(-c4cccc(S(C5=CCCC=C5)(c5ccccc5)c5ccccc5)c4)nc3n2n1. The quantitative estimate of drug-likeness (QED) is 0.157. The van der Waals surface area contributed by atoms with Gasteiger partial charge in [-0.25, -0.2) is 0 Å². The maximum atomic E-state index is 5.04. The van der Waals surface area contributed by atoms with Gasteiger partial charge >= 0.3 is 0 Å². The topological polar surface area (TPSA) is 90.6 Å². The maximum absolute atomic E-state index is 5.04. The number of aromatic nitrogens is 9. The fraction of sp³-hybridized carbons (Fsp3) is 0.0811. The van der Waals surface area contributed by atoms with Crippen molar-refractivity contribution in [3.8, 4) is 11.4 Å². The van der Waals surface area contributed by atoms with Crippen molar-refractivity contribution in [2.75, 3.05) is 0 Å². The minimum Gasteiger partial charge on any atom is -0.194 e. The van der Waals surface area contributed by atoms with Crippen LogP contribution in [-0.2, 0) is 0 Å². The zero-order chi connectivity index (χ0) is 32.0. The number of nitrogens with zero attached hydrogens (tertiary/aromatic N) is 9. The van der Waals surface area contributed by atoms with E-state index in [1.807, 2.05) is 13.0 Å². The lowest BCUT2D eigenvalue weighted by Crippen LogP contribution is -2.07. The van der Waals surface area contributed by atoms with E-state index in [4.69, 9.17) is 20.2 Å². The second kappa shape index (κ2) is 11.5. The summed E-state index contributed by atoms with van der Waals surface area (Å²) in [6, 6.07) is 30.3. The van der Waals surface area contributed by atoms with E-state index in [2.05, 4.69) is 126 Å². The number of allylic oxidation sites excluding steroid dienone is 7. The van der Waals surface area contributed by atoms with Crippen molar-refractivity contribution in [2.24, 2.45) is 0 Å². The van der Waals surface area contributed by atoms with Crippen LogP contribution in [0.4, 0.5) is 0 Å². The van der Waals surface area contributed by atoms with E-state index in [0.29, 0.717) is 34.8 Å².